The average Bonchev–Trinajstić information content (AvgIpc) is 3.36. The van der Waals surface area contributed by atoms with Gasteiger partial charge in [0, 0.05) is 11.8 Å². The zero-order valence-corrected chi connectivity index (χ0v) is 22.0. The quantitative estimate of drug-likeness (QED) is 0.326. The molecule has 0 spiro atoms. The predicted octanol–water partition coefficient (Wildman–Crippen LogP) is 4.44. The molecule has 0 N–H and O–H groups in total. The maximum absolute atomic E-state index is 13.6. The summed E-state index contributed by atoms with van der Waals surface area (Å²) < 4.78 is 42.8. The number of esters is 1. The summed E-state index contributed by atoms with van der Waals surface area (Å²) in [5.41, 5.74) is 1.19. The van der Waals surface area contributed by atoms with E-state index in [1.54, 1.807) is 19.1 Å². The Hall–Kier alpha value is -3.69. The number of rotatable bonds is 7. The maximum Gasteiger partial charge on any atom is 0.411 e. The van der Waals surface area contributed by atoms with E-state index in [1.165, 1.54) is 17.0 Å². The lowest BCUT2D eigenvalue weighted by molar-refractivity contribution is -0.147. The van der Waals surface area contributed by atoms with Crippen LogP contribution in [0.2, 0.25) is 0 Å². The maximum atomic E-state index is 13.6. The number of likely N-dealkylation sites (tertiary alicyclic amines) is 1. The molecule has 2 aliphatic rings. The highest BCUT2D eigenvalue weighted by Gasteiger charge is 2.67. The van der Waals surface area contributed by atoms with Crippen LogP contribution in [-0.2, 0) is 35.2 Å². The van der Waals surface area contributed by atoms with Crippen molar-refractivity contribution in [3.63, 3.8) is 0 Å². The molecule has 1 amide bonds. The smallest absolute Gasteiger partial charge is 0.411 e. The van der Waals surface area contributed by atoms with Crippen LogP contribution in [0.5, 0.6) is 0 Å². The van der Waals surface area contributed by atoms with E-state index < -0.39 is 45.6 Å². The second-order valence-electron chi connectivity index (χ2n) is 9.82. The standard InChI is InChI=1S/C29H29NO7S/c1-20-13-15-23(16-14-20)38(33,34)37-19-25-26(22-11-7-4-8-12-22)24-18-35-27(31)29(24,2)30(25)28(32)36-17-21-9-5-3-6-10-21/h3-16,24-26H,17-19H2,1-2H3/t24-,25+,26-,29+/m0/s1. The van der Waals surface area contributed by atoms with E-state index in [1.807, 2.05) is 67.6 Å². The van der Waals surface area contributed by atoms with Gasteiger partial charge in [0.05, 0.1) is 24.2 Å². The molecule has 0 bridgehead atoms. The van der Waals surface area contributed by atoms with E-state index in [0.717, 1.165) is 16.7 Å². The SMILES string of the molecule is Cc1ccc(S(=O)(=O)OC[C@@H]2[C@@H](c3ccccc3)[C@@H]3COC(=O)[C@]3(C)N2C(=O)OCc2ccccc2)cc1. The first-order valence-corrected chi connectivity index (χ1v) is 13.8. The van der Waals surface area contributed by atoms with Gasteiger partial charge in [0.2, 0.25) is 0 Å². The monoisotopic (exact) mass is 535 g/mol. The molecule has 2 aliphatic heterocycles. The van der Waals surface area contributed by atoms with Gasteiger partial charge in [-0.05, 0) is 37.1 Å². The van der Waals surface area contributed by atoms with E-state index in [2.05, 4.69) is 0 Å². The Bertz CT molecular complexity index is 1410. The number of hydrogen-bond acceptors (Lipinski definition) is 7. The Morgan fingerprint density at radius 1 is 1.00 bits per heavy atom. The number of hydrogen-bond donors (Lipinski definition) is 0. The molecule has 5 rings (SSSR count). The number of aryl methyl sites for hydroxylation is 1. The lowest BCUT2D eigenvalue weighted by Crippen LogP contribution is -2.55. The number of carbonyl (C=O) groups excluding carboxylic acids is 2. The van der Waals surface area contributed by atoms with Crippen molar-refractivity contribution in [2.45, 2.75) is 42.8 Å². The van der Waals surface area contributed by atoms with Crippen molar-refractivity contribution >= 4 is 22.2 Å². The highest BCUT2D eigenvalue weighted by Crippen LogP contribution is 2.52. The van der Waals surface area contributed by atoms with Crippen LogP contribution >= 0.6 is 0 Å². The van der Waals surface area contributed by atoms with Crippen molar-refractivity contribution < 1.29 is 31.7 Å². The second kappa shape index (κ2) is 10.2. The minimum absolute atomic E-state index is 0.00276. The lowest BCUT2D eigenvalue weighted by atomic mass is 9.78. The van der Waals surface area contributed by atoms with Gasteiger partial charge in [-0.15, -0.1) is 0 Å². The van der Waals surface area contributed by atoms with Gasteiger partial charge in [0.1, 0.15) is 12.1 Å². The summed E-state index contributed by atoms with van der Waals surface area (Å²) in [6, 6.07) is 24.1. The Morgan fingerprint density at radius 2 is 1.63 bits per heavy atom. The first-order chi connectivity index (χ1) is 18.2. The lowest BCUT2D eigenvalue weighted by Gasteiger charge is -2.34. The van der Waals surface area contributed by atoms with Gasteiger partial charge in [-0.25, -0.2) is 9.59 Å². The van der Waals surface area contributed by atoms with Crippen LogP contribution < -0.4 is 0 Å². The Morgan fingerprint density at radius 3 is 2.29 bits per heavy atom. The first kappa shape index (κ1) is 25.9. The Labute approximate surface area is 222 Å². The van der Waals surface area contributed by atoms with Crippen molar-refractivity contribution in [1.82, 2.24) is 4.90 Å². The molecule has 2 heterocycles. The molecular weight excluding hydrogens is 506 g/mol. The first-order valence-electron chi connectivity index (χ1n) is 12.4. The molecule has 38 heavy (non-hydrogen) atoms. The zero-order chi connectivity index (χ0) is 26.9. The molecule has 0 aromatic heterocycles. The molecule has 3 aromatic carbocycles. The predicted molar refractivity (Wildman–Crippen MR) is 139 cm³/mol. The third kappa shape index (κ3) is 4.68. The van der Waals surface area contributed by atoms with Gasteiger partial charge in [0.25, 0.3) is 10.1 Å². The van der Waals surface area contributed by atoms with E-state index in [-0.39, 0.29) is 24.7 Å². The molecule has 0 radical (unpaired) electrons. The number of ether oxygens (including phenoxy) is 2. The van der Waals surface area contributed by atoms with E-state index >= 15 is 0 Å². The normalized spacial score (nSPS) is 24.6. The fourth-order valence-electron chi connectivity index (χ4n) is 5.48. The Kier molecular flexibility index (Phi) is 6.98. The second-order valence-corrected chi connectivity index (χ2v) is 11.4. The van der Waals surface area contributed by atoms with E-state index in [9.17, 15) is 18.0 Å². The number of nitrogens with zero attached hydrogens (tertiary/aromatic N) is 1. The highest BCUT2D eigenvalue weighted by atomic mass is 32.2. The van der Waals surface area contributed by atoms with Crippen molar-refractivity contribution in [3.8, 4) is 0 Å². The number of benzene rings is 3. The van der Waals surface area contributed by atoms with Gasteiger partial charge in [0.15, 0.2) is 0 Å². The summed E-state index contributed by atoms with van der Waals surface area (Å²) >= 11 is 0. The van der Waals surface area contributed by atoms with Gasteiger partial charge in [-0.3, -0.25) is 9.08 Å². The third-order valence-electron chi connectivity index (χ3n) is 7.50. The highest BCUT2D eigenvalue weighted by molar-refractivity contribution is 7.86. The molecule has 4 atom stereocenters. The third-order valence-corrected chi connectivity index (χ3v) is 8.80. The average molecular weight is 536 g/mol. The van der Waals surface area contributed by atoms with Crippen molar-refractivity contribution in [3.05, 3.63) is 102 Å². The Balaban J connectivity index is 1.50. The molecule has 198 valence electrons. The largest absolute Gasteiger partial charge is 0.464 e. The van der Waals surface area contributed by atoms with Crippen molar-refractivity contribution in [2.24, 2.45) is 5.92 Å². The fraction of sp³-hybridized carbons (Fsp3) is 0.310. The fourth-order valence-corrected chi connectivity index (χ4v) is 6.41. The number of fused-ring (bicyclic) bond motifs is 1. The molecule has 9 heteroatoms. The summed E-state index contributed by atoms with van der Waals surface area (Å²) in [5.74, 6) is -1.40. The number of cyclic esters (lactones) is 1. The van der Waals surface area contributed by atoms with Crippen molar-refractivity contribution in [2.75, 3.05) is 13.2 Å². The molecule has 0 saturated carbocycles. The zero-order valence-electron chi connectivity index (χ0n) is 21.1. The van der Waals surface area contributed by atoms with Crippen LogP contribution in [0.3, 0.4) is 0 Å². The topological polar surface area (TPSA) is 99.2 Å². The van der Waals surface area contributed by atoms with Gasteiger partial charge in [-0.2, -0.15) is 8.42 Å². The van der Waals surface area contributed by atoms with E-state index in [0.29, 0.717) is 0 Å². The van der Waals surface area contributed by atoms with Gasteiger partial charge in [-0.1, -0.05) is 78.4 Å². The summed E-state index contributed by atoms with van der Waals surface area (Å²) in [6.07, 6.45) is -0.736. The number of amides is 1. The molecular formula is C29H29NO7S. The van der Waals surface area contributed by atoms with E-state index in [4.69, 9.17) is 13.7 Å². The van der Waals surface area contributed by atoms with Crippen LogP contribution in [0.15, 0.2) is 89.8 Å². The van der Waals surface area contributed by atoms with Crippen LogP contribution in [0.1, 0.15) is 29.5 Å². The summed E-state index contributed by atoms with van der Waals surface area (Å²) in [6.45, 7) is 3.25. The minimum Gasteiger partial charge on any atom is -0.464 e. The molecule has 3 aromatic rings. The summed E-state index contributed by atoms with van der Waals surface area (Å²) in [5, 5.41) is 0. The minimum atomic E-state index is -4.13. The van der Waals surface area contributed by atoms with Crippen LogP contribution in [0.25, 0.3) is 0 Å². The molecule has 0 unspecified atom stereocenters. The number of carbonyl (C=O) groups is 2. The molecule has 2 fully saturated rings. The molecule has 2 saturated heterocycles. The summed E-state index contributed by atoms with van der Waals surface area (Å²) in [4.78, 5) is 28.1. The van der Waals surface area contributed by atoms with Gasteiger partial charge >= 0.3 is 12.1 Å². The summed E-state index contributed by atoms with van der Waals surface area (Å²) in [7, 11) is -4.13. The molecule has 0 aliphatic carbocycles. The van der Waals surface area contributed by atoms with Crippen LogP contribution in [0.4, 0.5) is 4.79 Å². The van der Waals surface area contributed by atoms with Crippen molar-refractivity contribution in [1.29, 1.82) is 0 Å². The van der Waals surface area contributed by atoms with Crippen LogP contribution in [0, 0.1) is 12.8 Å². The van der Waals surface area contributed by atoms with Gasteiger partial charge < -0.3 is 9.47 Å². The molecule has 8 nitrogen and oxygen atoms in total. The van der Waals surface area contributed by atoms with Crippen LogP contribution in [-0.4, -0.2) is 50.2 Å².